The molecule has 2 saturated carbocycles. The number of hydrogen-bond acceptors (Lipinski definition) is 5. The highest BCUT2D eigenvalue weighted by molar-refractivity contribution is 5.96. The van der Waals surface area contributed by atoms with Crippen molar-refractivity contribution in [2.75, 3.05) is 13.6 Å². The van der Waals surface area contributed by atoms with Crippen LogP contribution in [0.15, 0.2) is 12.1 Å². The quantitative estimate of drug-likeness (QED) is 0.737. The van der Waals surface area contributed by atoms with E-state index < -0.39 is 6.10 Å². The Morgan fingerprint density at radius 1 is 1.25 bits per heavy atom. The van der Waals surface area contributed by atoms with Crippen molar-refractivity contribution >= 4 is 11.8 Å². The maximum atomic E-state index is 13.0. The van der Waals surface area contributed by atoms with Crippen LogP contribution in [0.5, 0.6) is 5.75 Å². The van der Waals surface area contributed by atoms with Crippen LogP contribution in [-0.4, -0.2) is 48.5 Å². The van der Waals surface area contributed by atoms with Gasteiger partial charge in [-0.05, 0) is 76.1 Å². The smallest absolute Gasteiger partial charge is 0.342 e. The molecule has 5 nitrogen and oxygen atoms in total. The van der Waals surface area contributed by atoms with E-state index >= 15 is 0 Å². The van der Waals surface area contributed by atoms with Crippen LogP contribution in [0.4, 0.5) is 0 Å². The Labute approximate surface area is 165 Å². The molecule has 1 aromatic carbocycles. The number of carbonyl (C=O) groups excluding carboxylic acids is 2. The lowest BCUT2D eigenvalue weighted by Crippen LogP contribution is -2.65. The fourth-order valence-electron chi connectivity index (χ4n) is 6.92. The fourth-order valence-corrected chi connectivity index (χ4v) is 6.92. The summed E-state index contributed by atoms with van der Waals surface area (Å²) >= 11 is 0. The van der Waals surface area contributed by atoms with E-state index in [1.54, 1.807) is 0 Å². The molecule has 4 atom stereocenters. The number of esters is 1. The summed E-state index contributed by atoms with van der Waals surface area (Å²) < 4.78 is 12.2. The number of likely N-dealkylation sites (N-methyl/N-ethyl adjacent to an activating group) is 1. The average Bonchev–Trinajstić information content (AvgIpc) is 3.31. The van der Waals surface area contributed by atoms with E-state index in [9.17, 15) is 9.59 Å². The van der Waals surface area contributed by atoms with E-state index in [0.717, 1.165) is 51.5 Å². The molecule has 2 bridgehead atoms. The fraction of sp³-hybridized carbons (Fsp3) is 0.652. The zero-order valence-corrected chi connectivity index (χ0v) is 16.4. The van der Waals surface area contributed by atoms with E-state index in [2.05, 4.69) is 18.0 Å². The summed E-state index contributed by atoms with van der Waals surface area (Å²) in [7, 11) is 2.21. The molecule has 0 N–H and O–H groups in total. The average molecular weight is 381 g/mol. The van der Waals surface area contributed by atoms with Crippen LogP contribution < -0.4 is 4.74 Å². The number of nitrogens with zero attached hydrogens (tertiary/aromatic N) is 1. The Morgan fingerprint density at radius 3 is 2.89 bits per heavy atom. The summed E-state index contributed by atoms with van der Waals surface area (Å²) in [6, 6.07) is 4.43. The molecule has 0 unspecified atom stereocenters. The molecule has 0 aromatic heterocycles. The minimum absolute atomic E-state index is 0.0275. The molecule has 0 amide bonds. The lowest BCUT2D eigenvalue weighted by Gasteiger charge is -2.57. The van der Waals surface area contributed by atoms with Gasteiger partial charge >= 0.3 is 5.97 Å². The van der Waals surface area contributed by atoms with Crippen LogP contribution in [0.25, 0.3) is 0 Å². The van der Waals surface area contributed by atoms with Gasteiger partial charge in [-0.25, -0.2) is 4.79 Å². The summed E-state index contributed by atoms with van der Waals surface area (Å²) in [6.07, 6.45) is 7.20. The Kier molecular flexibility index (Phi) is 3.54. The normalized spacial score (nSPS) is 36.2. The minimum Gasteiger partial charge on any atom is -0.480 e. The number of hydrogen-bond donors (Lipinski definition) is 0. The highest BCUT2D eigenvalue weighted by Crippen LogP contribution is 2.62. The van der Waals surface area contributed by atoms with Crippen molar-refractivity contribution in [3.05, 3.63) is 28.8 Å². The summed E-state index contributed by atoms with van der Waals surface area (Å²) in [6.45, 7) is 0.976. The van der Waals surface area contributed by atoms with Crippen molar-refractivity contribution in [1.29, 1.82) is 0 Å². The molecule has 2 aliphatic heterocycles. The number of likely N-dealkylation sites (tertiary alicyclic amines) is 1. The van der Waals surface area contributed by atoms with Crippen LogP contribution >= 0.6 is 0 Å². The van der Waals surface area contributed by atoms with Crippen molar-refractivity contribution < 1.29 is 19.1 Å². The number of Topliss-reactive ketones (excluding diaryl/α,β-unsaturated/α-hetero) is 1. The number of carbonyl (C=O) groups is 2. The largest absolute Gasteiger partial charge is 0.480 e. The molecule has 0 radical (unpaired) electrons. The van der Waals surface area contributed by atoms with Gasteiger partial charge in [-0.2, -0.15) is 0 Å². The molecular formula is C23H27NO4. The van der Waals surface area contributed by atoms with Crippen molar-refractivity contribution in [3.8, 4) is 5.75 Å². The van der Waals surface area contributed by atoms with E-state index in [1.165, 1.54) is 11.1 Å². The zero-order chi connectivity index (χ0) is 19.0. The number of rotatable bonds is 2. The number of ketones is 1. The Hall–Kier alpha value is -1.88. The van der Waals surface area contributed by atoms with E-state index in [0.29, 0.717) is 29.7 Å². The Bertz CT molecular complexity index is 874. The van der Waals surface area contributed by atoms with Crippen LogP contribution in [0, 0.1) is 5.92 Å². The molecule has 3 fully saturated rings. The predicted octanol–water partition coefficient (Wildman–Crippen LogP) is 3.02. The summed E-state index contributed by atoms with van der Waals surface area (Å²) in [5.41, 5.74) is 2.72. The first-order valence-electron chi connectivity index (χ1n) is 10.9. The van der Waals surface area contributed by atoms with Gasteiger partial charge in [0.15, 0.2) is 11.9 Å². The third-order valence-electron chi connectivity index (χ3n) is 8.20. The molecule has 2 heterocycles. The zero-order valence-electron chi connectivity index (χ0n) is 16.4. The molecule has 1 saturated heterocycles. The van der Waals surface area contributed by atoms with Gasteiger partial charge in [-0.15, -0.1) is 0 Å². The van der Waals surface area contributed by atoms with Gasteiger partial charge in [-0.3, -0.25) is 4.79 Å². The first-order valence-corrected chi connectivity index (χ1v) is 10.9. The van der Waals surface area contributed by atoms with Crippen LogP contribution in [-0.2, 0) is 21.4 Å². The van der Waals surface area contributed by atoms with Gasteiger partial charge in [0, 0.05) is 23.4 Å². The molecular weight excluding hydrogens is 354 g/mol. The second-order valence-electron chi connectivity index (χ2n) is 9.44. The van der Waals surface area contributed by atoms with Gasteiger partial charge < -0.3 is 14.4 Å². The second kappa shape index (κ2) is 5.82. The summed E-state index contributed by atoms with van der Waals surface area (Å²) in [5, 5.41) is 0. The maximum Gasteiger partial charge on any atom is 0.342 e. The first-order chi connectivity index (χ1) is 13.6. The lowest BCUT2D eigenvalue weighted by atomic mass is 9.51. The standard InChI is InChI=1S/C23H27NO4/c1-24-11-10-23-16-8-9-18(25)21(23)28-20-15(22(26)27-14-4-2-3-5-14)7-6-13(19(20)23)12-17(16)24/h6-7,14,16-17,21H,2-5,8-12H2,1H3/t16-,17+,21-,23-/m0/s1. The lowest BCUT2D eigenvalue weighted by molar-refractivity contribution is -0.138. The Balaban J connectivity index is 1.48. The van der Waals surface area contributed by atoms with Crippen LogP contribution in [0.2, 0.25) is 0 Å². The van der Waals surface area contributed by atoms with Crippen molar-refractivity contribution in [2.45, 2.75) is 75.0 Å². The number of piperidine rings is 1. The van der Waals surface area contributed by atoms with Crippen LogP contribution in [0.3, 0.4) is 0 Å². The monoisotopic (exact) mass is 381 g/mol. The molecule has 28 heavy (non-hydrogen) atoms. The van der Waals surface area contributed by atoms with Gasteiger partial charge in [0.2, 0.25) is 0 Å². The van der Waals surface area contributed by atoms with Crippen molar-refractivity contribution in [1.82, 2.24) is 4.90 Å². The van der Waals surface area contributed by atoms with E-state index in [1.807, 2.05) is 6.07 Å². The molecule has 3 aliphatic carbocycles. The van der Waals surface area contributed by atoms with Gasteiger partial charge in [-0.1, -0.05) is 6.07 Å². The first kappa shape index (κ1) is 17.0. The van der Waals surface area contributed by atoms with Gasteiger partial charge in [0.25, 0.3) is 0 Å². The van der Waals surface area contributed by atoms with E-state index in [4.69, 9.17) is 9.47 Å². The number of benzene rings is 1. The third-order valence-corrected chi connectivity index (χ3v) is 8.20. The molecule has 5 aliphatic rings. The predicted molar refractivity (Wildman–Crippen MR) is 103 cm³/mol. The summed E-state index contributed by atoms with van der Waals surface area (Å²) in [5.74, 6) is 1.02. The molecule has 1 aromatic rings. The Morgan fingerprint density at radius 2 is 2.07 bits per heavy atom. The van der Waals surface area contributed by atoms with Crippen LogP contribution in [0.1, 0.15) is 66.4 Å². The highest BCUT2D eigenvalue weighted by atomic mass is 16.5. The van der Waals surface area contributed by atoms with Gasteiger partial charge in [0.05, 0.1) is 0 Å². The summed E-state index contributed by atoms with van der Waals surface area (Å²) in [4.78, 5) is 28.4. The maximum absolute atomic E-state index is 13.0. The highest BCUT2D eigenvalue weighted by Gasteiger charge is 2.65. The topological polar surface area (TPSA) is 55.8 Å². The second-order valence-corrected chi connectivity index (χ2v) is 9.44. The minimum atomic E-state index is -0.420. The molecule has 1 spiro atoms. The van der Waals surface area contributed by atoms with Crippen molar-refractivity contribution in [3.63, 3.8) is 0 Å². The SMILES string of the molecule is CN1CC[C@]23c4c5ccc(C(=O)OC6CCCC6)c4O[C@H]2C(=O)CC[C@H]3[C@H]1C5. The van der Waals surface area contributed by atoms with Gasteiger partial charge in [0.1, 0.15) is 17.4 Å². The molecule has 5 heteroatoms. The molecule has 6 rings (SSSR count). The number of ether oxygens (including phenoxy) is 2. The molecule has 148 valence electrons. The third kappa shape index (κ3) is 2.06. The van der Waals surface area contributed by atoms with Crippen molar-refractivity contribution in [2.24, 2.45) is 5.92 Å². The van der Waals surface area contributed by atoms with E-state index in [-0.39, 0.29) is 23.3 Å².